The predicted molar refractivity (Wildman–Crippen MR) is 60.3 cm³/mol. The van der Waals surface area contributed by atoms with Gasteiger partial charge in [-0.05, 0) is 24.1 Å². The van der Waals surface area contributed by atoms with Crippen molar-refractivity contribution >= 4 is 26.4 Å². The second kappa shape index (κ2) is 3.52. The molecule has 0 aliphatic heterocycles. The van der Waals surface area contributed by atoms with E-state index in [1.54, 1.807) is 6.07 Å². The molecule has 15 heavy (non-hydrogen) atoms. The zero-order valence-electron chi connectivity index (χ0n) is 8.17. The van der Waals surface area contributed by atoms with Gasteiger partial charge in [0, 0.05) is 10.1 Å². The maximum Gasteiger partial charge on any atom is 0.127 e. The molecule has 0 fully saturated rings. The van der Waals surface area contributed by atoms with Crippen molar-refractivity contribution in [3.63, 3.8) is 0 Å². The van der Waals surface area contributed by atoms with Gasteiger partial charge in [0.2, 0.25) is 0 Å². The smallest absolute Gasteiger partial charge is 0.127 e. The Hall–Kier alpha value is -1.60. The molecule has 0 aliphatic rings. The predicted octanol–water partition coefficient (Wildman–Crippen LogP) is 3.06. The highest BCUT2D eigenvalue weighted by Crippen LogP contribution is 2.36. The monoisotopic (exact) mass is 220 g/mol. The highest BCUT2D eigenvalue weighted by molar-refractivity contribution is 7.23. The zero-order valence-corrected chi connectivity index (χ0v) is 8.99. The molecule has 0 unspecified atom stereocenters. The van der Waals surface area contributed by atoms with Crippen LogP contribution in [-0.2, 0) is 6.42 Å². The van der Waals surface area contributed by atoms with Crippen LogP contribution < -0.4 is 5.73 Å². The van der Waals surface area contributed by atoms with Gasteiger partial charge in [-0.1, -0.05) is 6.92 Å². The van der Waals surface area contributed by atoms with Gasteiger partial charge in [-0.2, -0.15) is 5.26 Å². The molecule has 4 heteroatoms. The largest absolute Gasteiger partial charge is 0.389 e. The molecule has 0 bridgehead atoms. The first-order chi connectivity index (χ1) is 7.19. The molecule has 0 atom stereocenters. The summed E-state index contributed by atoms with van der Waals surface area (Å²) in [5, 5.41) is 10.1. The summed E-state index contributed by atoms with van der Waals surface area (Å²) in [5.74, 6) is -0.265. The van der Waals surface area contributed by atoms with Crippen molar-refractivity contribution in [3.05, 3.63) is 29.1 Å². The van der Waals surface area contributed by atoms with E-state index in [2.05, 4.69) is 0 Å². The van der Waals surface area contributed by atoms with Crippen molar-refractivity contribution in [1.82, 2.24) is 0 Å². The van der Waals surface area contributed by atoms with E-state index in [-0.39, 0.29) is 5.82 Å². The standard InChI is InChI=1S/C11H9FN2S/c1-2-6-8(12)3-4-9-10(6)7(5-13)11(14)15-9/h3-4H,2,14H2,1H3. The first-order valence-corrected chi connectivity index (χ1v) is 5.40. The van der Waals surface area contributed by atoms with Crippen LogP contribution in [0.2, 0.25) is 0 Å². The summed E-state index contributed by atoms with van der Waals surface area (Å²) in [6.07, 6.45) is 0.564. The van der Waals surface area contributed by atoms with Crippen LogP contribution in [0.4, 0.5) is 9.39 Å². The quantitative estimate of drug-likeness (QED) is 0.803. The van der Waals surface area contributed by atoms with Gasteiger partial charge in [-0.15, -0.1) is 11.3 Å². The fraction of sp³-hybridized carbons (Fsp3) is 0.182. The van der Waals surface area contributed by atoms with E-state index in [9.17, 15) is 4.39 Å². The summed E-state index contributed by atoms with van der Waals surface area (Å²) in [4.78, 5) is 0. The maximum absolute atomic E-state index is 13.5. The van der Waals surface area contributed by atoms with Crippen molar-refractivity contribution in [2.45, 2.75) is 13.3 Å². The van der Waals surface area contributed by atoms with E-state index in [4.69, 9.17) is 11.0 Å². The van der Waals surface area contributed by atoms with Crippen LogP contribution in [0.3, 0.4) is 0 Å². The molecule has 2 rings (SSSR count). The molecule has 0 amide bonds. The minimum atomic E-state index is -0.265. The van der Waals surface area contributed by atoms with Gasteiger partial charge >= 0.3 is 0 Å². The van der Waals surface area contributed by atoms with E-state index in [1.807, 2.05) is 13.0 Å². The number of nitrogens with two attached hydrogens (primary N) is 1. The van der Waals surface area contributed by atoms with E-state index in [1.165, 1.54) is 17.4 Å². The number of hydrogen-bond acceptors (Lipinski definition) is 3. The molecule has 1 aromatic carbocycles. The topological polar surface area (TPSA) is 49.8 Å². The molecular formula is C11H9FN2S. The van der Waals surface area contributed by atoms with Crippen molar-refractivity contribution < 1.29 is 4.39 Å². The minimum absolute atomic E-state index is 0.265. The number of nitrogen functional groups attached to an aromatic ring is 1. The number of nitrogens with zero attached hydrogens (tertiary/aromatic N) is 1. The second-order valence-electron chi connectivity index (χ2n) is 3.21. The number of halogens is 1. The van der Waals surface area contributed by atoms with Crippen molar-refractivity contribution in [1.29, 1.82) is 5.26 Å². The first kappa shape index (κ1) is 9.94. The van der Waals surface area contributed by atoms with E-state index in [0.717, 1.165) is 4.70 Å². The van der Waals surface area contributed by atoms with Crippen molar-refractivity contribution in [2.75, 3.05) is 5.73 Å². The van der Waals surface area contributed by atoms with Crippen LogP contribution in [-0.4, -0.2) is 0 Å². The van der Waals surface area contributed by atoms with Crippen LogP contribution in [0.1, 0.15) is 18.1 Å². The molecular weight excluding hydrogens is 211 g/mol. The number of nitriles is 1. The zero-order chi connectivity index (χ0) is 11.0. The second-order valence-corrected chi connectivity index (χ2v) is 4.29. The third-order valence-electron chi connectivity index (χ3n) is 2.40. The van der Waals surface area contributed by atoms with Gasteiger partial charge in [0.15, 0.2) is 0 Å². The fourth-order valence-corrected chi connectivity index (χ4v) is 2.66. The van der Waals surface area contributed by atoms with Gasteiger partial charge in [-0.3, -0.25) is 0 Å². The summed E-state index contributed by atoms with van der Waals surface area (Å²) in [7, 11) is 0. The van der Waals surface area contributed by atoms with Crippen LogP contribution in [0.15, 0.2) is 12.1 Å². The molecule has 0 radical (unpaired) electrons. The number of hydrogen-bond donors (Lipinski definition) is 1. The Morgan fingerprint density at radius 2 is 2.27 bits per heavy atom. The van der Waals surface area contributed by atoms with Gasteiger partial charge in [0.25, 0.3) is 0 Å². The Kier molecular flexibility index (Phi) is 2.33. The lowest BCUT2D eigenvalue weighted by Gasteiger charge is -2.01. The molecule has 0 spiro atoms. The molecule has 0 saturated heterocycles. The number of anilines is 1. The normalized spacial score (nSPS) is 10.5. The van der Waals surface area contributed by atoms with E-state index >= 15 is 0 Å². The maximum atomic E-state index is 13.5. The lowest BCUT2D eigenvalue weighted by atomic mass is 10.0. The number of thiophene rings is 1. The summed E-state index contributed by atoms with van der Waals surface area (Å²) >= 11 is 1.33. The molecule has 76 valence electrons. The number of fused-ring (bicyclic) bond motifs is 1. The Balaban J connectivity index is 2.96. The van der Waals surface area contributed by atoms with Crippen LogP contribution in [0.25, 0.3) is 10.1 Å². The lowest BCUT2D eigenvalue weighted by Crippen LogP contribution is -1.90. The average Bonchev–Trinajstić information content (AvgIpc) is 2.54. The highest BCUT2D eigenvalue weighted by Gasteiger charge is 2.15. The van der Waals surface area contributed by atoms with E-state index in [0.29, 0.717) is 27.9 Å². The third kappa shape index (κ3) is 1.36. The summed E-state index contributed by atoms with van der Waals surface area (Å²) < 4.78 is 14.4. The highest BCUT2D eigenvalue weighted by atomic mass is 32.1. The van der Waals surface area contributed by atoms with Crippen LogP contribution in [0, 0.1) is 17.1 Å². The Morgan fingerprint density at radius 1 is 1.53 bits per heavy atom. The first-order valence-electron chi connectivity index (χ1n) is 4.58. The number of aryl methyl sites for hydroxylation is 1. The minimum Gasteiger partial charge on any atom is -0.389 e. The van der Waals surface area contributed by atoms with Gasteiger partial charge in [0.05, 0.1) is 5.56 Å². The molecule has 1 aromatic heterocycles. The average molecular weight is 220 g/mol. The molecule has 1 heterocycles. The molecule has 2 aromatic rings. The molecule has 2 N–H and O–H groups in total. The summed E-state index contributed by atoms with van der Waals surface area (Å²) in [6, 6.07) is 5.14. The molecule has 2 nitrogen and oxygen atoms in total. The van der Waals surface area contributed by atoms with Gasteiger partial charge in [0.1, 0.15) is 16.9 Å². The number of rotatable bonds is 1. The van der Waals surface area contributed by atoms with Gasteiger partial charge in [-0.25, -0.2) is 4.39 Å². The van der Waals surface area contributed by atoms with Crippen molar-refractivity contribution in [2.24, 2.45) is 0 Å². The lowest BCUT2D eigenvalue weighted by molar-refractivity contribution is 0.615. The Morgan fingerprint density at radius 3 is 2.87 bits per heavy atom. The molecule has 0 aliphatic carbocycles. The van der Waals surface area contributed by atoms with Gasteiger partial charge < -0.3 is 5.73 Å². The summed E-state index contributed by atoms with van der Waals surface area (Å²) in [5.41, 5.74) is 6.70. The summed E-state index contributed by atoms with van der Waals surface area (Å²) in [6.45, 7) is 1.87. The van der Waals surface area contributed by atoms with E-state index < -0.39 is 0 Å². The third-order valence-corrected chi connectivity index (χ3v) is 3.38. The SMILES string of the molecule is CCc1c(F)ccc2sc(N)c(C#N)c12. The van der Waals surface area contributed by atoms with Crippen LogP contribution >= 0.6 is 11.3 Å². The fourth-order valence-electron chi connectivity index (χ4n) is 1.71. The molecule has 0 saturated carbocycles. The number of benzene rings is 1. The van der Waals surface area contributed by atoms with Crippen LogP contribution in [0.5, 0.6) is 0 Å². The van der Waals surface area contributed by atoms with Crippen molar-refractivity contribution in [3.8, 4) is 6.07 Å². The Labute approximate surface area is 90.7 Å². The Bertz CT molecular complexity index is 566.